The third kappa shape index (κ3) is 4.29. The van der Waals surface area contributed by atoms with Crippen LogP contribution in [0, 0.1) is 0 Å². The van der Waals surface area contributed by atoms with E-state index in [-0.39, 0.29) is 6.61 Å². The third-order valence-electron chi connectivity index (χ3n) is 6.40. The Bertz CT molecular complexity index is 1300. The quantitative estimate of drug-likeness (QED) is 0.340. The molecule has 0 spiro atoms. The van der Waals surface area contributed by atoms with Gasteiger partial charge in [-0.05, 0) is 65.8 Å². The molecule has 0 atom stereocenters. The van der Waals surface area contributed by atoms with Crippen molar-refractivity contribution in [3.05, 3.63) is 59.9 Å². The summed E-state index contributed by atoms with van der Waals surface area (Å²) >= 11 is 0. The van der Waals surface area contributed by atoms with Gasteiger partial charge < -0.3 is 15.2 Å². The number of H-pyrrole nitrogens is 2. The van der Waals surface area contributed by atoms with Crippen molar-refractivity contribution in [1.29, 1.82) is 0 Å². The molecular weight excluding hydrogens is 414 g/mol. The molecule has 0 bridgehead atoms. The molecule has 1 aliphatic rings. The molecule has 0 aliphatic carbocycles. The summed E-state index contributed by atoms with van der Waals surface area (Å²) in [6.45, 7) is 5.14. The fourth-order valence-electron chi connectivity index (χ4n) is 4.57. The van der Waals surface area contributed by atoms with E-state index >= 15 is 0 Å². The van der Waals surface area contributed by atoms with Crippen molar-refractivity contribution >= 4 is 16.5 Å². The predicted molar refractivity (Wildman–Crippen MR) is 131 cm³/mol. The molecule has 7 nitrogen and oxygen atoms in total. The number of nitrogens with zero attached hydrogens (tertiary/aromatic N) is 3. The van der Waals surface area contributed by atoms with Gasteiger partial charge in [0, 0.05) is 37.8 Å². The first kappa shape index (κ1) is 21.4. The number of aliphatic hydroxyl groups is 1. The van der Waals surface area contributed by atoms with E-state index in [0.29, 0.717) is 5.75 Å². The number of benzene rings is 2. The average Bonchev–Trinajstić information content (AvgIpc) is 3.49. The van der Waals surface area contributed by atoms with Gasteiger partial charge in [0.25, 0.3) is 0 Å². The number of aromatic amines is 2. The van der Waals surface area contributed by atoms with Crippen LogP contribution in [0.5, 0.6) is 5.75 Å². The van der Waals surface area contributed by atoms with E-state index < -0.39 is 0 Å². The number of imidazole rings is 1. The van der Waals surface area contributed by atoms with Crippen LogP contribution in [0.4, 0.5) is 0 Å². The van der Waals surface area contributed by atoms with Crippen molar-refractivity contribution in [3.63, 3.8) is 0 Å². The lowest BCUT2D eigenvalue weighted by molar-refractivity contribution is 0.236. The summed E-state index contributed by atoms with van der Waals surface area (Å²) in [6.07, 6.45) is 6.81. The molecular formula is C26H29N5O2. The van der Waals surface area contributed by atoms with Crippen molar-refractivity contribution in [2.75, 3.05) is 26.2 Å². The maximum atomic E-state index is 9.82. The number of rotatable bonds is 7. The monoisotopic (exact) mass is 443 g/mol. The third-order valence-corrected chi connectivity index (χ3v) is 6.40. The van der Waals surface area contributed by atoms with E-state index in [1.165, 1.54) is 5.57 Å². The zero-order valence-corrected chi connectivity index (χ0v) is 18.8. The first-order valence-corrected chi connectivity index (χ1v) is 11.5. The number of phenolic OH excluding ortho intramolecular Hbond substituents is 1. The van der Waals surface area contributed by atoms with Crippen molar-refractivity contribution < 1.29 is 10.2 Å². The van der Waals surface area contributed by atoms with Gasteiger partial charge in [-0.15, -0.1) is 0 Å². The Morgan fingerprint density at radius 3 is 2.85 bits per heavy atom. The highest BCUT2D eigenvalue weighted by Crippen LogP contribution is 2.32. The van der Waals surface area contributed by atoms with Gasteiger partial charge in [0.1, 0.15) is 11.4 Å². The largest absolute Gasteiger partial charge is 0.508 e. The number of aromatic hydroxyl groups is 1. The van der Waals surface area contributed by atoms with E-state index in [9.17, 15) is 5.11 Å². The van der Waals surface area contributed by atoms with Crippen molar-refractivity contribution in [2.24, 2.45) is 0 Å². The van der Waals surface area contributed by atoms with Crippen LogP contribution in [0.1, 0.15) is 31.0 Å². The molecule has 5 rings (SSSR count). The summed E-state index contributed by atoms with van der Waals surface area (Å²) in [4.78, 5) is 10.5. The lowest BCUT2D eigenvalue weighted by atomic mass is 9.97. The first-order valence-electron chi connectivity index (χ1n) is 11.5. The Hall–Kier alpha value is -3.42. The Kier molecular flexibility index (Phi) is 5.98. The number of fused-ring (bicyclic) bond motifs is 1. The summed E-state index contributed by atoms with van der Waals surface area (Å²) in [6, 6.07) is 11.8. The van der Waals surface area contributed by atoms with Crippen LogP contribution in [-0.2, 0) is 6.42 Å². The van der Waals surface area contributed by atoms with Crippen LogP contribution < -0.4 is 0 Å². The van der Waals surface area contributed by atoms with Crippen molar-refractivity contribution in [1.82, 2.24) is 25.1 Å². The Labute approximate surface area is 192 Å². The van der Waals surface area contributed by atoms with Gasteiger partial charge in [-0.1, -0.05) is 25.1 Å². The summed E-state index contributed by atoms with van der Waals surface area (Å²) in [5.74, 6) is 1.05. The second-order valence-corrected chi connectivity index (χ2v) is 8.52. The average molecular weight is 444 g/mol. The molecule has 0 saturated carbocycles. The van der Waals surface area contributed by atoms with Crippen LogP contribution >= 0.6 is 0 Å². The van der Waals surface area contributed by atoms with Gasteiger partial charge in [0.15, 0.2) is 5.82 Å². The zero-order chi connectivity index (χ0) is 22.8. The summed E-state index contributed by atoms with van der Waals surface area (Å²) in [7, 11) is 0. The van der Waals surface area contributed by atoms with E-state index in [2.05, 4.69) is 51.3 Å². The fourth-order valence-corrected chi connectivity index (χ4v) is 4.57. The normalized spacial score (nSPS) is 14.7. The lowest BCUT2D eigenvalue weighted by Gasteiger charge is -2.25. The molecule has 170 valence electrons. The molecule has 33 heavy (non-hydrogen) atoms. The molecule has 2 aromatic carbocycles. The minimum Gasteiger partial charge on any atom is -0.508 e. The number of aryl methyl sites for hydroxylation is 1. The minimum atomic E-state index is 0.240. The summed E-state index contributed by atoms with van der Waals surface area (Å²) in [5.41, 5.74) is 7.30. The number of nitrogens with one attached hydrogen (secondary N) is 2. The van der Waals surface area contributed by atoms with Crippen molar-refractivity contribution in [3.8, 4) is 28.4 Å². The number of phenols is 1. The second kappa shape index (κ2) is 9.21. The van der Waals surface area contributed by atoms with Crippen LogP contribution in [-0.4, -0.2) is 61.5 Å². The molecule has 2 aromatic heterocycles. The molecule has 3 heterocycles. The maximum absolute atomic E-state index is 9.82. The highest BCUT2D eigenvalue weighted by atomic mass is 16.3. The SMILES string of the molecule is CCc1cc(O)ccc1-c1ccc2c(-c3nc(C4=CCN(CCCO)CC4)c[nH]3)n[nH]c2c1. The molecule has 4 N–H and O–H groups in total. The topological polar surface area (TPSA) is 101 Å². The highest BCUT2D eigenvalue weighted by molar-refractivity contribution is 5.94. The summed E-state index contributed by atoms with van der Waals surface area (Å²) in [5, 5.41) is 27.6. The number of hydrogen-bond acceptors (Lipinski definition) is 5. The van der Waals surface area contributed by atoms with Crippen LogP contribution in [0.15, 0.2) is 48.7 Å². The fraction of sp³-hybridized carbons (Fsp3) is 0.308. The molecule has 4 aromatic rings. The van der Waals surface area contributed by atoms with Crippen molar-refractivity contribution in [2.45, 2.75) is 26.2 Å². The maximum Gasteiger partial charge on any atom is 0.159 e. The van der Waals surface area contributed by atoms with E-state index in [0.717, 1.165) is 83.7 Å². The minimum absolute atomic E-state index is 0.240. The second-order valence-electron chi connectivity index (χ2n) is 8.52. The van der Waals surface area contributed by atoms with E-state index in [1.54, 1.807) is 6.07 Å². The molecule has 0 amide bonds. The number of aliphatic hydroxyl groups excluding tert-OH is 1. The van der Waals surface area contributed by atoms with Gasteiger partial charge >= 0.3 is 0 Å². The van der Waals surface area contributed by atoms with Gasteiger partial charge in [-0.3, -0.25) is 10.00 Å². The molecule has 0 radical (unpaired) electrons. The van der Waals surface area contributed by atoms with Gasteiger partial charge in [0.2, 0.25) is 0 Å². The van der Waals surface area contributed by atoms with Gasteiger partial charge in [0.05, 0.1) is 11.2 Å². The number of aromatic nitrogens is 4. The number of hydrogen-bond donors (Lipinski definition) is 4. The van der Waals surface area contributed by atoms with Crippen LogP contribution in [0.3, 0.4) is 0 Å². The molecule has 7 heteroatoms. The van der Waals surface area contributed by atoms with Gasteiger partial charge in [-0.2, -0.15) is 5.10 Å². The van der Waals surface area contributed by atoms with E-state index in [4.69, 9.17) is 10.1 Å². The molecule has 0 fully saturated rings. The Balaban J connectivity index is 1.40. The van der Waals surface area contributed by atoms with Gasteiger partial charge in [-0.25, -0.2) is 4.98 Å². The zero-order valence-electron chi connectivity index (χ0n) is 18.8. The summed E-state index contributed by atoms with van der Waals surface area (Å²) < 4.78 is 0. The Morgan fingerprint density at radius 2 is 2.06 bits per heavy atom. The van der Waals surface area contributed by atoms with Crippen LogP contribution in [0.25, 0.3) is 39.1 Å². The standard InChI is InChI=1S/C26H29N5O2/c1-2-17-14-20(33)5-7-21(17)19-4-6-22-23(15-19)29-30-25(22)26-27-16-24(28-26)18-8-11-31(12-9-18)10-3-13-32/h4-8,14-16,32-33H,2-3,9-13H2,1H3,(H,27,28)(H,29,30). The lowest BCUT2D eigenvalue weighted by Crippen LogP contribution is -2.29. The first-order chi connectivity index (χ1) is 16.2. The molecule has 0 unspecified atom stereocenters. The Morgan fingerprint density at radius 1 is 1.15 bits per heavy atom. The van der Waals surface area contributed by atoms with Crippen LogP contribution in [0.2, 0.25) is 0 Å². The predicted octanol–water partition coefficient (Wildman–Crippen LogP) is 4.36. The molecule has 0 saturated heterocycles. The molecule has 1 aliphatic heterocycles. The van der Waals surface area contributed by atoms with E-state index in [1.807, 2.05) is 18.3 Å². The smallest absolute Gasteiger partial charge is 0.159 e. The highest BCUT2D eigenvalue weighted by Gasteiger charge is 2.17.